The standard InChI is InChI=1S/C13H12FN3O/c1-7-6-18-11-5-9(3-4-10(11)15-7)13-16-8(2)12(14)17-13/h3-5,15H,1,6H2,2H3,(H,16,17). The van der Waals surface area contributed by atoms with E-state index in [0.717, 1.165) is 22.7 Å². The summed E-state index contributed by atoms with van der Waals surface area (Å²) in [5.41, 5.74) is 2.89. The summed E-state index contributed by atoms with van der Waals surface area (Å²) in [4.78, 5) is 6.73. The molecule has 1 aromatic heterocycles. The van der Waals surface area contributed by atoms with Gasteiger partial charge in [-0.1, -0.05) is 6.58 Å². The molecule has 0 aliphatic carbocycles. The molecule has 0 saturated heterocycles. The zero-order chi connectivity index (χ0) is 12.7. The summed E-state index contributed by atoms with van der Waals surface area (Å²) < 4.78 is 18.8. The van der Waals surface area contributed by atoms with Crippen molar-refractivity contribution in [2.45, 2.75) is 6.92 Å². The van der Waals surface area contributed by atoms with Crippen molar-refractivity contribution < 1.29 is 9.13 Å². The molecule has 0 amide bonds. The second kappa shape index (κ2) is 3.87. The maximum atomic E-state index is 13.2. The summed E-state index contributed by atoms with van der Waals surface area (Å²) in [7, 11) is 0. The number of ether oxygens (including phenoxy) is 1. The van der Waals surface area contributed by atoms with Gasteiger partial charge in [0.15, 0.2) is 0 Å². The highest BCUT2D eigenvalue weighted by molar-refractivity contribution is 5.69. The van der Waals surface area contributed by atoms with Crippen molar-refractivity contribution in [2.75, 3.05) is 11.9 Å². The summed E-state index contributed by atoms with van der Waals surface area (Å²) in [5.74, 6) is 0.741. The maximum absolute atomic E-state index is 13.2. The number of rotatable bonds is 1. The summed E-state index contributed by atoms with van der Waals surface area (Å²) in [5, 5.41) is 3.13. The van der Waals surface area contributed by atoms with Gasteiger partial charge in [-0.05, 0) is 25.1 Å². The quantitative estimate of drug-likeness (QED) is 0.812. The lowest BCUT2D eigenvalue weighted by molar-refractivity contribution is 0.347. The highest BCUT2D eigenvalue weighted by Gasteiger charge is 2.15. The van der Waals surface area contributed by atoms with Crippen LogP contribution in [-0.4, -0.2) is 16.6 Å². The zero-order valence-electron chi connectivity index (χ0n) is 9.88. The molecule has 0 radical (unpaired) electrons. The molecule has 0 saturated carbocycles. The molecule has 0 atom stereocenters. The van der Waals surface area contributed by atoms with Gasteiger partial charge in [-0.25, -0.2) is 4.98 Å². The van der Waals surface area contributed by atoms with E-state index in [9.17, 15) is 4.39 Å². The summed E-state index contributed by atoms with van der Waals surface area (Å²) in [6.45, 7) is 5.88. The fourth-order valence-corrected chi connectivity index (χ4v) is 1.86. The number of halogens is 1. The first-order valence-electron chi connectivity index (χ1n) is 5.57. The fourth-order valence-electron chi connectivity index (χ4n) is 1.86. The first kappa shape index (κ1) is 10.8. The van der Waals surface area contributed by atoms with Gasteiger partial charge >= 0.3 is 0 Å². The smallest absolute Gasteiger partial charge is 0.234 e. The number of aromatic amines is 1. The van der Waals surface area contributed by atoms with Gasteiger partial charge in [0.25, 0.3) is 0 Å². The van der Waals surface area contributed by atoms with Gasteiger partial charge in [-0.3, -0.25) is 0 Å². The Hall–Kier alpha value is -2.30. The van der Waals surface area contributed by atoms with Crippen molar-refractivity contribution in [1.82, 2.24) is 9.97 Å². The van der Waals surface area contributed by atoms with E-state index in [1.807, 2.05) is 18.2 Å². The Morgan fingerprint density at radius 2 is 2.28 bits per heavy atom. The Kier molecular flexibility index (Phi) is 2.33. The molecule has 3 rings (SSSR count). The van der Waals surface area contributed by atoms with Crippen molar-refractivity contribution in [2.24, 2.45) is 0 Å². The summed E-state index contributed by atoms with van der Waals surface area (Å²) >= 11 is 0. The number of fused-ring (bicyclic) bond motifs is 1. The maximum Gasteiger partial charge on any atom is 0.234 e. The zero-order valence-corrected chi connectivity index (χ0v) is 9.88. The van der Waals surface area contributed by atoms with E-state index in [0.29, 0.717) is 18.1 Å². The third-order valence-electron chi connectivity index (χ3n) is 2.79. The summed E-state index contributed by atoms with van der Waals surface area (Å²) in [6, 6.07) is 5.54. The number of aromatic nitrogens is 2. The van der Waals surface area contributed by atoms with E-state index in [1.165, 1.54) is 0 Å². The predicted molar refractivity (Wildman–Crippen MR) is 67.0 cm³/mol. The molecule has 1 aliphatic heterocycles. The van der Waals surface area contributed by atoms with Gasteiger partial charge in [0, 0.05) is 11.3 Å². The first-order valence-corrected chi connectivity index (χ1v) is 5.57. The van der Waals surface area contributed by atoms with Crippen molar-refractivity contribution in [3.63, 3.8) is 0 Å². The third-order valence-corrected chi connectivity index (χ3v) is 2.79. The number of hydrogen-bond donors (Lipinski definition) is 2. The SMILES string of the molecule is C=C1COc2cc(-c3nc(F)c(C)[nH]3)ccc2N1. The van der Waals surface area contributed by atoms with Crippen LogP contribution in [0.3, 0.4) is 0 Å². The highest BCUT2D eigenvalue weighted by atomic mass is 19.1. The lowest BCUT2D eigenvalue weighted by Gasteiger charge is -2.21. The van der Waals surface area contributed by atoms with E-state index in [-0.39, 0.29) is 0 Å². The van der Waals surface area contributed by atoms with Crippen molar-refractivity contribution >= 4 is 5.69 Å². The number of H-pyrrole nitrogens is 1. The Morgan fingerprint density at radius 1 is 1.44 bits per heavy atom. The topological polar surface area (TPSA) is 49.9 Å². The molecule has 2 heterocycles. The van der Waals surface area contributed by atoms with Crippen molar-refractivity contribution in [3.8, 4) is 17.1 Å². The minimum Gasteiger partial charge on any atom is -0.485 e. The number of hydrogen-bond acceptors (Lipinski definition) is 3. The average Bonchev–Trinajstić information content (AvgIpc) is 2.69. The van der Waals surface area contributed by atoms with Crippen LogP contribution < -0.4 is 10.1 Å². The van der Waals surface area contributed by atoms with Gasteiger partial charge in [0.1, 0.15) is 18.2 Å². The third kappa shape index (κ3) is 1.73. The van der Waals surface area contributed by atoms with Crippen LogP contribution in [0.1, 0.15) is 5.69 Å². The minimum absolute atomic E-state index is 0.426. The van der Waals surface area contributed by atoms with E-state index < -0.39 is 5.95 Å². The molecule has 5 heteroatoms. The Balaban J connectivity index is 2.02. The van der Waals surface area contributed by atoms with Gasteiger partial charge in [0.2, 0.25) is 5.95 Å². The number of aryl methyl sites for hydroxylation is 1. The van der Waals surface area contributed by atoms with Crippen molar-refractivity contribution in [3.05, 3.63) is 42.1 Å². The molecule has 0 bridgehead atoms. The van der Waals surface area contributed by atoms with E-state index in [1.54, 1.807) is 6.92 Å². The van der Waals surface area contributed by atoms with Crippen LogP contribution in [-0.2, 0) is 0 Å². The fraction of sp³-hybridized carbons (Fsp3) is 0.154. The normalized spacial score (nSPS) is 13.8. The van der Waals surface area contributed by atoms with Crippen LogP contribution in [0.4, 0.5) is 10.1 Å². The Morgan fingerprint density at radius 3 is 3.00 bits per heavy atom. The lowest BCUT2D eigenvalue weighted by Crippen LogP contribution is -2.15. The molecule has 1 aromatic carbocycles. The van der Waals surface area contributed by atoms with Crippen LogP contribution in [0.15, 0.2) is 30.5 Å². The van der Waals surface area contributed by atoms with E-state index in [2.05, 4.69) is 21.9 Å². The number of nitrogens with one attached hydrogen (secondary N) is 2. The van der Waals surface area contributed by atoms with E-state index >= 15 is 0 Å². The van der Waals surface area contributed by atoms with Gasteiger partial charge in [-0.2, -0.15) is 4.39 Å². The largest absolute Gasteiger partial charge is 0.485 e. The number of nitrogens with zero attached hydrogens (tertiary/aromatic N) is 1. The number of imidazole rings is 1. The molecule has 92 valence electrons. The molecular formula is C13H12FN3O. The second-order valence-corrected chi connectivity index (χ2v) is 4.23. The van der Waals surface area contributed by atoms with Crippen LogP contribution in [0.2, 0.25) is 0 Å². The molecule has 0 spiro atoms. The van der Waals surface area contributed by atoms with Gasteiger partial charge < -0.3 is 15.0 Å². The predicted octanol–water partition coefficient (Wildman–Crippen LogP) is 2.84. The van der Waals surface area contributed by atoms with Gasteiger partial charge in [-0.15, -0.1) is 0 Å². The molecule has 2 N–H and O–H groups in total. The Labute approximate surface area is 104 Å². The minimum atomic E-state index is -0.477. The molecule has 0 unspecified atom stereocenters. The average molecular weight is 245 g/mol. The molecule has 2 aromatic rings. The van der Waals surface area contributed by atoms with Crippen LogP contribution in [0.25, 0.3) is 11.4 Å². The van der Waals surface area contributed by atoms with Gasteiger partial charge in [0.05, 0.1) is 11.4 Å². The molecule has 1 aliphatic rings. The lowest BCUT2D eigenvalue weighted by atomic mass is 10.1. The number of benzene rings is 1. The monoisotopic (exact) mass is 245 g/mol. The second-order valence-electron chi connectivity index (χ2n) is 4.23. The first-order chi connectivity index (χ1) is 8.63. The van der Waals surface area contributed by atoms with E-state index in [4.69, 9.17) is 4.74 Å². The van der Waals surface area contributed by atoms with Crippen LogP contribution in [0, 0.1) is 12.9 Å². The Bertz CT molecular complexity index is 614. The molecule has 18 heavy (non-hydrogen) atoms. The van der Waals surface area contributed by atoms with Crippen LogP contribution in [0.5, 0.6) is 5.75 Å². The van der Waals surface area contributed by atoms with Crippen molar-refractivity contribution in [1.29, 1.82) is 0 Å². The molecule has 4 nitrogen and oxygen atoms in total. The molecule has 0 fully saturated rings. The molecular weight excluding hydrogens is 233 g/mol. The summed E-state index contributed by atoms with van der Waals surface area (Å²) in [6.07, 6.45) is 0. The highest BCUT2D eigenvalue weighted by Crippen LogP contribution is 2.33. The number of anilines is 1. The van der Waals surface area contributed by atoms with Crippen LogP contribution >= 0.6 is 0 Å².